The van der Waals surface area contributed by atoms with Crippen LogP contribution in [0, 0.1) is 0 Å². The van der Waals surface area contributed by atoms with Crippen molar-refractivity contribution in [2.75, 3.05) is 18.1 Å². The van der Waals surface area contributed by atoms with Crippen molar-refractivity contribution in [3.63, 3.8) is 0 Å². The maximum atomic E-state index is 12.4. The highest BCUT2D eigenvalue weighted by molar-refractivity contribution is 7.91. The zero-order valence-corrected chi connectivity index (χ0v) is 16.0. The van der Waals surface area contributed by atoms with Crippen LogP contribution in [0.2, 0.25) is 0 Å². The van der Waals surface area contributed by atoms with E-state index in [2.05, 4.69) is 4.72 Å². The molecule has 2 rings (SSSR count). The summed E-state index contributed by atoms with van der Waals surface area (Å²) in [5.41, 5.74) is 5.84. The SMILES string of the molecule is CCS(=O)(=O)CCOc1ccc(S(=O)(=O)NC2CCC(N)CC2)cc1. The molecule has 1 aromatic carbocycles. The third-order valence-electron chi connectivity index (χ3n) is 4.33. The van der Waals surface area contributed by atoms with Gasteiger partial charge in [0.2, 0.25) is 10.0 Å². The van der Waals surface area contributed by atoms with E-state index < -0.39 is 19.9 Å². The van der Waals surface area contributed by atoms with Crippen molar-refractivity contribution in [3.8, 4) is 5.75 Å². The molecule has 1 fully saturated rings. The van der Waals surface area contributed by atoms with Gasteiger partial charge in [-0.3, -0.25) is 0 Å². The van der Waals surface area contributed by atoms with Crippen molar-refractivity contribution >= 4 is 19.9 Å². The van der Waals surface area contributed by atoms with Crippen molar-refractivity contribution in [1.29, 1.82) is 0 Å². The minimum atomic E-state index is -3.58. The molecule has 9 heteroatoms. The van der Waals surface area contributed by atoms with Crippen LogP contribution in [0.5, 0.6) is 5.75 Å². The Labute approximate surface area is 149 Å². The van der Waals surface area contributed by atoms with Crippen molar-refractivity contribution in [2.45, 2.75) is 49.6 Å². The molecule has 1 aromatic rings. The molecule has 0 heterocycles. The number of sulfonamides is 1. The number of hydrogen-bond donors (Lipinski definition) is 2. The van der Waals surface area contributed by atoms with E-state index in [4.69, 9.17) is 10.5 Å². The van der Waals surface area contributed by atoms with Crippen LogP contribution in [0.4, 0.5) is 0 Å². The maximum absolute atomic E-state index is 12.4. The summed E-state index contributed by atoms with van der Waals surface area (Å²) in [4.78, 5) is 0.163. The molecule has 7 nitrogen and oxygen atoms in total. The van der Waals surface area contributed by atoms with Gasteiger partial charge in [0.1, 0.15) is 12.4 Å². The molecule has 0 aromatic heterocycles. The monoisotopic (exact) mass is 390 g/mol. The Hall–Kier alpha value is -1.16. The molecule has 25 heavy (non-hydrogen) atoms. The highest BCUT2D eigenvalue weighted by Gasteiger charge is 2.24. The first kappa shape index (κ1) is 20.2. The molecule has 0 spiro atoms. The van der Waals surface area contributed by atoms with Gasteiger partial charge in [0.05, 0.1) is 10.6 Å². The molecule has 1 saturated carbocycles. The second-order valence-electron chi connectivity index (χ2n) is 6.29. The van der Waals surface area contributed by atoms with E-state index in [9.17, 15) is 16.8 Å². The Morgan fingerprint density at radius 1 is 1.08 bits per heavy atom. The van der Waals surface area contributed by atoms with E-state index in [0.717, 1.165) is 25.7 Å². The molecule has 1 aliphatic carbocycles. The lowest BCUT2D eigenvalue weighted by Crippen LogP contribution is -2.40. The van der Waals surface area contributed by atoms with Crippen molar-refractivity contribution in [3.05, 3.63) is 24.3 Å². The summed E-state index contributed by atoms with van der Waals surface area (Å²) in [6.45, 7) is 1.63. The van der Waals surface area contributed by atoms with Crippen LogP contribution >= 0.6 is 0 Å². The van der Waals surface area contributed by atoms with Crippen molar-refractivity contribution < 1.29 is 21.6 Å². The van der Waals surface area contributed by atoms with Gasteiger partial charge in [-0.1, -0.05) is 6.92 Å². The number of sulfone groups is 1. The highest BCUT2D eigenvalue weighted by atomic mass is 32.2. The number of ether oxygens (including phenoxy) is 1. The molecule has 3 N–H and O–H groups in total. The lowest BCUT2D eigenvalue weighted by Gasteiger charge is -2.26. The molecule has 142 valence electrons. The van der Waals surface area contributed by atoms with Gasteiger partial charge >= 0.3 is 0 Å². The smallest absolute Gasteiger partial charge is 0.240 e. The summed E-state index contributed by atoms with van der Waals surface area (Å²) in [5.74, 6) is 0.453. The Kier molecular flexibility index (Phi) is 6.84. The van der Waals surface area contributed by atoms with Crippen LogP contribution in [-0.4, -0.2) is 47.0 Å². The summed E-state index contributed by atoms with van der Waals surface area (Å²) in [6, 6.07) is 6.06. The van der Waals surface area contributed by atoms with Crippen LogP contribution in [0.3, 0.4) is 0 Å². The zero-order valence-electron chi connectivity index (χ0n) is 14.3. The number of hydrogen-bond acceptors (Lipinski definition) is 6. The van der Waals surface area contributed by atoms with E-state index in [1.807, 2.05) is 0 Å². The Morgan fingerprint density at radius 3 is 2.24 bits per heavy atom. The van der Waals surface area contributed by atoms with E-state index in [0.29, 0.717) is 5.75 Å². The maximum Gasteiger partial charge on any atom is 0.240 e. The second kappa shape index (κ2) is 8.48. The summed E-state index contributed by atoms with van der Waals surface area (Å²) in [6.07, 6.45) is 3.13. The summed E-state index contributed by atoms with van der Waals surface area (Å²) in [5, 5.41) is 0. The van der Waals surface area contributed by atoms with Crippen LogP contribution in [0.1, 0.15) is 32.6 Å². The predicted molar refractivity (Wildman–Crippen MR) is 96.8 cm³/mol. The van der Waals surface area contributed by atoms with E-state index >= 15 is 0 Å². The van der Waals surface area contributed by atoms with E-state index in [1.54, 1.807) is 6.92 Å². The molecular weight excluding hydrogens is 364 g/mol. The lowest BCUT2D eigenvalue weighted by molar-refractivity contribution is 0.340. The third kappa shape index (κ3) is 6.25. The molecule has 1 aliphatic rings. The second-order valence-corrected chi connectivity index (χ2v) is 10.5. The fraction of sp³-hybridized carbons (Fsp3) is 0.625. The number of nitrogens with two attached hydrogens (primary N) is 1. The van der Waals surface area contributed by atoms with E-state index in [1.165, 1.54) is 24.3 Å². The zero-order chi connectivity index (χ0) is 18.5. The Bertz CT molecular complexity index is 752. The molecule has 0 atom stereocenters. The minimum absolute atomic E-state index is 0.0445. The fourth-order valence-electron chi connectivity index (χ4n) is 2.67. The van der Waals surface area contributed by atoms with Crippen LogP contribution in [-0.2, 0) is 19.9 Å². The summed E-state index contributed by atoms with van der Waals surface area (Å²) < 4.78 is 55.7. The normalized spacial score (nSPS) is 21.8. The first-order chi connectivity index (χ1) is 11.7. The van der Waals surface area contributed by atoms with E-state index in [-0.39, 0.29) is 35.1 Å². The Balaban J connectivity index is 1.92. The quantitative estimate of drug-likeness (QED) is 0.685. The van der Waals surface area contributed by atoms with Crippen molar-refractivity contribution in [2.24, 2.45) is 5.73 Å². The first-order valence-corrected chi connectivity index (χ1v) is 11.7. The average molecular weight is 391 g/mol. The molecule has 0 aliphatic heterocycles. The molecule has 0 saturated heterocycles. The largest absolute Gasteiger partial charge is 0.493 e. The van der Waals surface area contributed by atoms with Gasteiger partial charge in [-0.05, 0) is 49.9 Å². The Morgan fingerprint density at radius 2 is 1.68 bits per heavy atom. The average Bonchev–Trinajstić information content (AvgIpc) is 2.57. The molecular formula is C16H26N2O5S2. The molecule has 0 amide bonds. The summed E-state index contributed by atoms with van der Waals surface area (Å²) in [7, 11) is -6.67. The lowest BCUT2D eigenvalue weighted by atomic mass is 9.93. The topological polar surface area (TPSA) is 116 Å². The summed E-state index contributed by atoms with van der Waals surface area (Å²) >= 11 is 0. The third-order valence-corrected chi connectivity index (χ3v) is 7.54. The number of benzene rings is 1. The minimum Gasteiger partial charge on any atom is -0.493 e. The van der Waals surface area contributed by atoms with Gasteiger partial charge < -0.3 is 10.5 Å². The number of rotatable bonds is 8. The van der Waals surface area contributed by atoms with Crippen LogP contribution in [0.15, 0.2) is 29.2 Å². The predicted octanol–water partition coefficient (Wildman–Crippen LogP) is 1.05. The standard InChI is InChI=1S/C16H26N2O5S2/c1-2-24(19,20)12-11-23-15-7-9-16(10-8-15)25(21,22)18-14-5-3-13(17)4-6-14/h7-10,13-14,18H,2-6,11-12,17H2,1H3. The van der Waals surface area contributed by atoms with Gasteiger partial charge in [-0.15, -0.1) is 0 Å². The van der Waals surface area contributed by atoms with Gasteiger partial charge in [0.25, 0.3) is 0 Å². The molecule has 0 unspecified atom stereocenters. The first-order valence-electron chi connectivity index (χ1n) is 8.43. The van der Waals surface area contributed by atoms with Gasteiger partial charge in [-0.2, -0.15) is 0 Å². The molecule has 0 radical (unpaired) electrons. The van der Waals surface area contributed by atoms with Gasteiger partial charge in [0.15, 0.2) is 9.84 Å². The number of nitrogens with one attached hydrogen (secondary N) is 1. The van der Waals surface area contributed by atoms with Gasteiger partial charge in [0, 0.05) is 17.8 Å². The van der Waals surface area contributed by atoms with Gasteiger partial charge in [-0.25, -0.2) is 21.6 Å². The fourth-order valence-corrected chi connectivity index (χ4v) is 4.60. The van der Waals surface area contributed by atoms with Crippen LogP contribution < -0.4 is 15.2 Å². The van der Waals surface area contributed by atoms with Crippen molar-refractivity contribution in [1.82, 2.24) is 4.72 Å². The molecule has 0 bridgehead atoms. The van der Waals surface area contributed by atoms with Crippen LogP contribution in [0.25, 0.3) is 0 Å². The highest BCUT2D eigenvalue weighted by Crippen LogP contribution is 2.21.